The lowest BCUT2D eigenvalue weighted by molar-refractivity contribution is 0.353. The van der Waals surface area contributed by atoms with Crippen molar-refractivity contribution in [3.8, 4) is 0 Å². The second kappa shape index (κ2) is 6.54. The van der Waals surface area contributed by atoms with E-state index in [2.05, 4.69) is 4.98 Å². The van der Waals surface area contributed by atoms with E-state index in [4.69, 9.17) is 11.6 Å². The minimum atomic E-state index is -3.52. The SMILES string of the molecule is CCn1cnc(S(=O)(=O)N(CCCCl)C(C)C)c1. The summed E-state index contributed by atoms with van der Waals surface area (Å²) < 4.78 is 28.0. The fraction of sp³-hybridized carbons (Fsp3) is 0.727. The van der Waals surface area contributed by atoms with Crippen molar-refractivity contribution < 1.29 is 8.42 Å². The van der Waals surface area contributed by atoms with Crippen molar-refractivity contribution in [1.29, 1.82) is 0 Å². The summed E-state index contributed by atoms with van der Waals surface area (Å²) in [4.78, 5) is 3.97. The van der Waals surface area contributed by atoms with E-state index in [0.29, 0.717) is 25.4 Å². The highest BCUT2D eigenvalue weighted by Crippen LogP contribution is 2.17. The van der Waals surface area contributed by atoms with E-state index >= 15 is 0 Å². The average molecular weight is 294 g/mol. The van der Waals surface area contributed by atoms with E-state index in [9.17, 15) is 8.42 Å². The number of hydrogen-bond donors (Lipinski definition) is 0. The number of aryl methyl sites for hydroxylation is 1. The fourth-order valence-electron chi connectivity index (χ4n) is 1.64. The Morgan fingerprint density at radius 1 is 1.50 bits per heavy atom. The molecule has 0 aliphatic heterocycles. The van der Waals surface area contributed by atoms with E-state index < -0.39 is 10.0 Å². The van der Waals surface area contributed by atoms with Gasteiger partial charge in [-0.1, -0.05) is 0 Å². The van der Waals surface area contributed by atoms with Gasteiger partial charge in [-0.15, -0.1) is 11.6 Å². The summed E-state index contributed by atoms with van der Waals surface area (Å²) >= 11 is 5.63. The average Bonchev–Trinajstić information content (AvgIpc) is 2.77. The molecule has 0 atom stereocenters. The van der Waals surface area contributed by atoms with Crippen molar-refractivity contribution in [3.63, 3.8) is 0 Å². The van der Waals surface area contributed by atoms with Gasteiger partial charge in [0, 0.05) is 31.2 Å². The standard InChI is InChI=1S/C11H20ClN3O2S/c1-4-14-8-11(13-9-14)18(16,17)15(10(2)3)7-5-6-12/h8-10H,4-7H2,1-3H3. The molecule has 18 heavy (non-hydrogen) atoms. The first-order chi connectivity index (χ1) is 8.43. The number of aromatic nitrogens is 2. The third-order valence-electron chi connectivity index (χ3n) is 2.64. The topological polar surface area (TPSA) is 55.2 Å². The van der Waals surface area contributed by atoms with Crippen LogP contribution >= 0.6 is 11.6 Å². The molecule has 1 aromatic rings. The molecule has 7 heteroatoms. The molecule has 5 nitrogen and oxygen atoms in total. The Balaban J connectivity index is 3.00. The van der Waals surface area contributed by atoms with Gasteiger partial charge in [-0.2, -0.15) is 4.31 Å². The van der Waals surface area contributed by atoms with Crippen molar-refractivity contribution >= 4 is 21.6 Å². The molecule has 1 rings (SSSR count). The maximum Gasteiger partial charge on any atom is 0.262 e. The van der Waals surface area contributed by atoms with Gasteiger partial charge in [-0.3, -0.25) is 0 Å². The largest absolute Gasteiger partial charge is 0.336 e. The normalized spacial score (nSPS) is 12.6. The molecule has 0 aliphatic rings. The predicted molar refractivity (Wildman–Crippen MR) is 72.3 cm³/mol. The van der Waals surface area contributed by atoms with Gasteiger partial charge in [0.15, 0.2) is 5.03 Å². The molecule has 1 heterocycles. The van der Waals surface area contributed by atoms with Crippen LogP contribution in [-0.4, -0.2) is 40.7 Å². The summed E-state index contributed by atoms with van der Waals surface area (Å²) in [5, 5.41) is 0.104. The Kier molecular flexibility index (Phi) is 5.62. The second-order valence-electron chi connectivity index (χ2n) is 4.29. The van der Waals surface area contributed by atoms with Crippen LogP contribution in [0.1, 0.15) is 27.2 Å². The lowest BCUT2D eigenvalue weighted by atomic mass is 10.4. The lowest BCUT2D eigenvalue weighted by Crippen LogP contribution is -2.38. The molecule has 104 valence electrons. The molecular weight excluding hydrogens is 274 g/mol. The minimum Gasteiger partial charge on any atom is -0.336 e. The van der Waals surface area contributed by atoms with E-state index in [1.165, 1.54) is 10.6 Å². The minimum absolute atomic E-state index is 0.104. The predicted octanol–water partition coefficient (Wildman–Crippen LogP) is 1.93. The van der Waals surface area contributed by atoms with E-state index in [0.717, 1.165) is 0 Å². The first-order valence-electron chi connectivity index (χ1n) is 6.03. The molecule has 0 spiro atoms. The maximum absolute atomic E-state index is 12.4. The zero-order valence-electron chi connectivity index (χ0n) is 11.0. The molecular formula is C11H20ClN3O2S. The van der Waals surface area contributed by atoms with E-state index in [-0.39, 0.29) is 11.1 Å². The van der Waals surface area contributed by atoms with Gasteiger partial charge in [0.05, 0.1) is 6.33 Å². The van der Waals surface area contributed by atoms with Crippen molar-refractivity contribution in [2.45, 2.75) is 44.8 Å². The van der Waals surface area contributed by atoms with Crippen LogP contribution in [0.4, 0.5) is 0 Å². The summed E-state index contributed by atoms with van der Waals surface area (Å²) in [7, 11) is -3.52. The van der Waals surface area contributed by atoms with Crippen molar-refractivity contribution in [1.82, 2.24) is 13.9 Å². The summed E-state index contributed by atoms with van der Waals surface area (Å²) in [6.45, 7) is 6.76. The van der Waals surface area contributed by atoms with Crippen LogP contribution in [0.5, 0.6) is 0 Å². The highest BCUT2D eigenvalue weighted by Gasteiger charge is 2.28. The quantitative estimate of drug-likeness (QED) is 0.722. The molecule has 0 amide bonds. The summed E-state index contributed by atoms with van der Waals surface area (Å²) in [6.07, 6.45) is 3.73. The number of sulfonamides is 1. The van der Waals surface area contributed by atoms with E-state index in [1.54, 1.807) is 10.8 Å². The smallest absolute Gasteiger partial charge is 0.262 e. The number of nitrogens with zero attached hydrogens (tertiary/aromatic N) is 3. The van der Waals surface area contributed by atoms with Crippen LogP contribution < -0.4 is 0 Å². The molecule has 0 bridgehead atoms. The fourth-order valence-corrected chi connectivity index (χ4v) is 3.37. The van der Waals surface area contributed by atoms with Crippen LogP contribution in [0.2, 0.25) is 0 Å². The Labute approximate surface area is 114 Å². The van der Waals surface area contributed by atoms with Crippen molar-refractivity contribution in [2.24, 2.45) is 0 Å². The molecule has 0 saturated carbocycles. The first-order valence-corrected chi connectivity index (χ1v) is 8.00. The number of rotatable bonds is 7. The zero-order valence-corrected chi connectivity index (χ0v) is 12.6. The highest BCUT2D eigenvalue weighted by atomic mass is 35.5. The first kappa shape index (κ1) is 15.5. The van der Waals surface area contributed by atoms with Gasteiger partial charge in [0.1, 0.15) is 0 Å². The number of halogens is 1. The molecule has 0 fully saturated rings. The summed E-state index contributed by atoms with van der Waals surface area (Å²) in [5.74, 6) is 0.447. The van der Waals surface area contributed by atoms with Gasteiger partial charge in [0.2, 0.25) is 0 Å². The molecule has 0 unspecified atom stereocenters. The maximum atomic E-state index is 12.4. The Hall–Kier alpha value is -0.590. The summed E-state index contributed by atoms with van der Waals surface area (Å²) in [5.41, 5.74) is 0. The second-order valence-corrected chi connectivity index (χ2v) is 6.51. The Bertz CT molecular complexity index is 470. The van der Waals surface area contributed by atoms with Gasteiger partial charge < -0.3 is 4.57 Å². The lowest BCUT2D eigenvalue weighted by Gasteiger charge is -2.24. The van der Waals surface area contributed by atoms with Crippen LogP contribution in [0, 0.1) is 0 Å². The summed E-state index contributed by atoms with van der Waals surface area (Å²) in [6, 6.07) is -0.106. The molecule has 1 aromatic heterocycles. The van der Waals surface area contributed by atoms with Gasteiger partial charge in [0.25, 0.3) is 10.0 Å². The Morgan fingerprint density at radius 3 is 2.61 bits per heavy atom. The van der Waals surface area contributed by atoms with Crippen molar-refractivity contribution in [2.75, 3.05) is 12.4 Å². The highest BCUT2D eigenvalue weighted by molar-refractivity contribution is 7.89. The number of hydrogen-bond acceptors (Lipinski definition) is 3. The van der Waals surface area contributed by atoms with Crippen LogP contribution in [-0.2, 0) is 16.6 Å². The van der Waals surface area contributed by atoms with Crippen molar-refractivity contribution in [3.05, 3.63) is 12.5 Å². The molecule has 0 radical (unpaired) electrons. The monoisotopic (exact) mass is 293 g/mol. The van der Waals surface area contributed by atoms with E-state index in [1.807, 2.05) is 20.8 Å². The van der Waals surface area contributed by atoms with Gasteiger partial charge in [-0.05, 0) is 27.2 Å². The molecule has 0 N–H and O–H groups in total. The van der Waals surface area contributed by atoms with Gasteiger partial charge in [-0.25, -0.2) is 13.4 Å². The van der Waals surface area contributed by atoms with Crippen LogP contribution in [0.25, 0.3) is 0 Å². The van der Waals surface area contributed by atoms with Gasteiger partial charge >= 0.3 is 0 Å². The third-order valence-corrected chi connectivity index (χ3v) is 4.86. The van der Waals surface area contributed by atoms with Crippen LogP contribution in [0.3, 0.4) is 0 Å². The number of alkyl halides is 1. The number of imidazole rings is 1. The molecule has 0 aromatic carbocycles. The molecule has 0 saturated heterocycles. The molecule has 0 aliphatic carbocycles. The van der Waals surface area contributed by atoms with Crippen LogP contribution in [0.15, 0.2) is 17.6 Å². The Morgan fingerprint density at radius 2 is 2.17 bits per heavy atom. The third kappa shape index (κ3) is 3.46. The zero-order chi connectivity index (χ0) is 13.8.